The fourth-order valence-corrected chi connectivity index (χ4v) is 3.14. The minimum absolute atomic E-state index is 0.137. The molecule has 0 spiro atoms. The van der Waals surface area contributed by atoms with Gasteiger partial charge in [-0.2, -0.15) is 5.26 Å². The Kier molecular flexibility index (Phi) is 4.25. The molecule has 1 N–H and O–H groups in total. The number of piperidine rings is 1. The highest BCUT2D eigenvalue weighted by Gasteiger charge is 2.40. The standard InChI is InChI=1S/C17H21FN2/c1-12(2)14-5-4-6-15(18)16(14)13(3)17(11-19)7-9-20-10-8-17/h4-6,13,20H,1,7-10H2,2-3H3. The summed E-state index contributed by atoms with van der Waals surface area (Å²) in [5, 5.41) is 12.9. The van der Waals surface area contributed by atoms with Crippen molar-refractivity contribution in [2.24, 2.45) is 5.41 Å². The lowest BCUT2D eigenvalue weighted by Gasteiger charge is -2.37. The van der Waals surface area contributed by atoms with Crippen LogP contribution in [0.15, 0.2) is 24.8 Å². The van der Waals surface area contributed by atoms with Crippen molar-refractivity contribution in [3.8, 4) is 6.07 Å². The summed E-state index contributed by atoms with van der Waals surface area (Å²) >= 11 is 0. The second kappa shape index (κ2) is 5.76. The Hall–Kier alpha value is -1.66. The van der Waals surface area contributed by atoms with Gasteiger partial charge in [0.25, 0.3) is 0 Å². The predicted molar refractivity (Wildman–Crippen MR) is 79.7 cm³/mol. The highest BCUT2D eigenvalue weighted by molar-refractivity contribution is 5.65. The normalized spacial score (nSPS) is 19.1. The topological polar surface area (TPSA) is 35.8 Å². The Morgan fingerprint density at radius 3 is 2.65 bits per heavy atom. The van der Waals surface area contributed by atoms with E-state index in [0.29, 0.717) is 5.56 Å². The Morgan fingerprint density at radius 1 is 1.45 bits per heavy atom. The first-order valence-electron chi connectivity index (χ1n) is 7.08. The van der Waals surface area contributed by atoms with E-state index >= 15 is 0 Å². The van der Waals surface area contributed by atoms with Crippen LogP contribution in [-0.4, -0.2) is 13.1 Å². The maximum atomic E-state index is 14.4. The molecule has 1 saturated heterocycles. The molecule has 1 atom stereocenters. The molecule has 0 radical (unpaired) electrons. The van der Waals surface area contributed by atoms with Gasteiger partial charge < -0.3 is 5.32 Å². The molecule has 1 unspecified atom stereocenters. The van der Waals surface area contributed by atoms with E-state index < -0.39 is 5.41 Å². The number of rotatable bonds is 3. The van der Waals surface area contributed by atoms with Gasteiger partial charge in [-0.15, -0.1) is 0 Å². The van der Waals surface area contributed by atoms with Crippen LogP contribution >= 0.6 is 0 Å². The lowest BCUT2D eigenvalue weighted by Crippen LogP contribution is -2.39. The zero-order valence-electron chi connectivity index (χ0n) is 12.2. The zero-order valence-corrected chi connectivity index (χ0v) is 12.2. The number of nitriles is 1. The van der Waals surface area contributed by atoms with Crippen molar-refractivity contribution in [2.45, 2.75) is 32.6 Å². The Morgan fingerprint density at radius 2 is 2.10 bits per heavy atom. The van der Waals surface area contributed by atoms with Crippen molar-refractivity contribution >= 4 is 5.57 Å². The van der Waals surface area contributed by atoms with Gasteiger partial charge in [-0.3, -0.25) is 0 Å². The summed E-state index contributed by atoms with van der Waals surface area (Å²) in [5.41, 5.74) is 1.83. The van der Waals surface area contributed by atoms with Crippen LogP contribution in [0.1, 0.15) is 43.7 Å². The van der Waals surface area contributed by atoms with Gasteiger partial charge in [-0.1, -0.05) is 31.2 Å². The zero-order chi connectivity index (χ0) is 14.8. The monoisotopic (exact) mass is 272 g/mol. The predicted octanol–water partition coefficient (Wildman–Crippen LogP) is 3.86. The molecule has 2 nitrogen and oxygen atoms in total. The van der Waals surface area contributed by atoms with Crippen molar-refractivity contribution in [3.63, 3.8) is 0 Å². The summed E-state index contributed by atoms with van der Waals surface area (Å²) in [6.07, 6.45) is 1.52. The lowest BCUT2D eigenvalue weighted by molar-refractivity contribution is 0.235. The van der Waals surface area contributed by atoms with Gasteiger partial charge in [0.05, 0.1) is 11.5 Å². The smallest absolute Gasteiger partial charge is 0.127 e. The molecular formula is C17H21FN2. The van der Waals surface area contributed by atoms with E-state index in [9.17, 15) is 9.65 Å². The molecule has 3 heteroatoms. The Bertz CT molecular complexity index is 551. The van der Waals surface area contributed by atoms with Crippen LogP contribution in [0.5, 0.6) is 0 Å². The SMILES string of the molecule is C=C(C)c1cccc(F)c1C(C)C1(C#N)CCNCC1. The summed E-state index contributed by atoms with van der Waals surface area (Å²) < 4.78 is 14.4. The van der Waals surface area contributed by atoms with E-state index in [-0.39, 0.29) is 11.7 Å². The molecule has 106 valence electrons. The minimum Gasteiger partial charge on any atom is -0.317 e. The minimum atomic E-state index is -0.488. The summed E-state index contributed by atoms with van der Waals surface area (Å²) in [5.74, 6) is -0.367. The molecule has 0 bridgehead atoms. The summed E-state index contributed by atoms with van der Waals surface area (Å²) in [7, 11) is 0. The van der Waals surface area contributed by atoms with E-state index in [1.807, 2.05) is 19.9 Å². The third kappa shape index (κ3) is 2.48. The van der Waals surface area contributed by atoms with E-state index in [4.69, 9.17) is 0 Å². The van der Waals surface area contributed by atoms with E-state index in [2.05, 4.69) is 18.0 Å². The van der Waals surface area contributed by atoms with Crippen molar-refractivity contribution in [1.29, 1.82) is 5.26 Å². The van der Waals surface area contributed by atoms with Crippen LogP contribution in [0, 0.1) is 22.6 Å². The van der Waals surface area contributed by atoms with Gasteiger partial charge in [0.2, 0.25) is 0 Å². The molecule has 1 aromatic carbocycles. The first-order chi connectivity index (χ1) is 9.52. The van der Waals surface area contributed by atoms with Crippen LogP contribution in [0.4, 0.5) is 4.39 Å². The number of hydrogen-bond acceptors (Lipinski definition) is 2. The number of allylic oxidation sites excluding steroid dienone is 1. The highest BCUT2D eigenvalue weighted by atomic mass is 19.1. The number of halogens is 1. The van der Waals surface area contributed by atoms with Crippen molar-refractivity contribution in [2.75, 3.05) is 13.1 Å². The molecular weight excluding hydrogens is 251 g/mol. The van der Waals surface area contributed by atoms with Crippen LogP contribution in [0.2, 0.25) is 0 Å². The van der Waals surface area contributed by atoms with Gasteiger partial charge >= 0.3 is 0 Å². The second-order valence-corrected chi connectivity index (χ2v) is 5.72. The number of hydrogen-bond donors (Lipinski definition) is 1. The average molecular weight is 272 g/mol. The fraction of sp³-hybridized carbons (Fsp3) is 0.471. The van der Waals surface area contributed by atoms with Gasteiger partial charge in [-0.25, -0.2) is 4.39 Å². The van der Waals surface area contributed by atoms with E-state index in [1.165, 1.54) is 6.07 Å². The van der Waals surface area contributed by atoms with Crippen LogP contribution < -0.4 is 5.32 Å². The Balaban J connectivity index is 2.50. The highest BCUT2D eigenvalue weighted by Crippen LogP contribution is 2.45. The lowest BCUT2D eigenvalue weighted by atomic mass is 9.67. The molecule has 1 aliphatic heterocycles. The van der Waals surface area contributed by atoms with Gasteiger partial charge in [0, 0.05) is 5.92 Å². The van der Waals surface area contributed by atoms with E-state index in [1.54, 1.807) is 6.07 Å². The maximum Gasteiger partial charge on any atom is 0.127 e. The molecule has 0 aliphatic carbocycles. The van der Waals surface area contributed by atoms with Crippen molar-refractivity contribution in [1.82, 2.24) is 5.32 Å². The Labute approximate surface area is 120 Å². The second-order valence-electron chi connectivity index (χ2n) is 5.72. The number of nitrogens with zero attached hydrogens (tertiary/aromatic N) is 1. The summed E-state index contributed by atoms with van der Waals surface area (Å²) in [6.45, 7) is 9.42. The third-order valence-electron chi connectivity index (χ3n) is 4.49. The molecule has 1 heterocycles. The van der Waals surface area contributed by atoms with Crippen LogP contribution in [-0.2, 0) is 0 Å². The first-order valence-corrected chi connectivity index (χ1v) is 7.08. The first kappa shape index (κ1) is 14.7. The average Bonchev–Trinajstić information content (AvgIpc) is 2.47. The molecule has 0 saturated carbocycles. The third-order valence-corrected chi connectivity index (χ3v) is 4.49. The number of nitrogens with one attached hydrogen (secondary N) is 1. The summed E-state index contributed by atoms with van der Waals surface area (Å²) in [4.78, 5) is 0. The number of benzene rings is 1. The molecule has 2 rings (SSSR count). The van der Waals surface area contributed by atoms with Gasteiger partial charge in [0.15, 0.2) is 0 Å². The van der Waals surface area contributed by atoms with Gasteiger partial charge in [0.1, 0.15) is 5.82 Å². The largest absolute Gasteiger partial charge is 0.317 e. The molecule has 0 aromatic heterocycles. The fourth-order valence-electron chi connectivity index (χ4n) is 3.14. The molecule has 20 heavy (non-hydrogen) atoms. The van der Waals surface area contributed by atoms with Crippen LogP contribution in [0.3, 0.4) is 0 Å². The van der Waals surface area contributed by atoms with Crippen molar-refractivity contribution < 1.29 is 4.39 Å². The van der Waals surface area contributed by atoms with Gasteiger partial charge in [-0.05, 0) is 50.0 Å². The molecule has 1 fully saturated rings. The molecule has 0 amide bonds. The molecule has 1 aliphatic rings. The molecule has 1 aromatic rings. The van der Waals surface area contributed by atoms with Crippen LogP contribution in [0.25, 0.3) is 5.57 Å². The summed E-state index contributed by atoms with van der Waals surface area (Å²) in [6, 6.07) is 7.55. The van der Waals surface area contributed by atoms with Crippen molar-refractivity contribution in [3.05, 3.63) is 41.7 Å². The van der Waals surface area contributed by atoms with E-state index in [0.717, 1.165) is 37.1 Å². The maximum absolute atomic E-state index is 14.4. The quantitative estimate of drug-likeness (QED) is 0.907.